The summed E-state index contributed by atoms with van der Waals surface area (Å²) in [6, 6.07) is 7.07. The van der Waals surface area contributed by atoms with Crippen molar-refractivity contribution in [2.24, 2.45) is 0 Å². The molecule has 0 radical (unpaired) electrons. The van der Waals surface area contributed by atoms with Gasteiger partial charge in [-0.05, 0) is 18.9 Å². The zero-order valence-corrected chi connectivity index (χ0v) is 10.9. The van der Waals surface area contributed by atoms with Crippen LogP contribution in [0.15, 0.2) is 30.5 Å². The number of anilines is 1. The number of halogens is 3. The van der Waals surface area contributed by atoms with Crippen molar-refractivity contribution in [2.45, 2.75) is 24.6 Å². The second kappa shape index (κ2) is 3.66. The van der Waals surface area contributed by atoms with Crippen LogP contribution >= 0.6 is 0 Å². The number of alkyl halides is 3. The van der Waals surface area contributed by atoms with Crippen molar-refractivity contribution in [3.8, 4) is 0 Å². The lowest BCUT2D eigenvalue weighted by atomic mass is 10.1. The summed E-state index contributed by atoms with van der Waals surface area (Å²) in [6.45, 7) is 0. The Morgan fingerprint density at radius 1 is 1.14 bits per heavy atom. The molecule has 0 bridgehead atoms. The van der Waals surface area contributed by atoms with Gasteiger partial charge < -0.3 is 5.73 Å². The Morgan fingerprint density at radius 2 is 1.86 bits per heavy atom. The van der Waals surface area contributed by atoms with Crippen molar-refractivity contribution in [3.63, 3.8) is 0 Å². The molecule has 2 heterocycles. The summed E-state index contributed by atoms with van der Waals surface area (Å²) in [4.78, 5) is 8.28. The van der Waals surface area contributed by atoms with Crippen molar-refractivity contribution in [1.29, 1.82) is 0 Å². The third-order valence-corrected chi connectivity index (χ3v) is 4.09. The van der Waals surface area contributed by atoms with Crippen LogP contribution in [0.2, 0.25) is 0 Å². The molecule has 0 saturated heterocycles. The predicted molar refractivity (Wildman–Crippen MR) is 72.7 cm³/mol. The zero-order chi connectivity index (χ0) is 14.8. The summed E-state index contributed by atoms with van der Waals surface area (Å²) in [5.41, 5.74) is 5.30. The number of nitrogens with zero attached hydrogens (tertiary/aromatic N) is 3. The number of nitrogens with two attached hydrogens (primary N) is 1. The zero-order valence-electron chi connectivity index (χ0n) is 10.9. The Balaban J connectivity index is 2.14. The number of hydrogen-bond donors (Lipinski definition) is 1. The Hall–Kier alpha value is -2.31. The summed E-state index contributed by atoms with van der Waals surface area (Å²) < 4.78 is 41.5. The molecule has 7 heteroatoms. The van der Waals surface area contributed by atoms with Crippen LogP contribution in [-0.4, -0.2) is 20.7 Å². The fraction of sp³-hybridized carbons (Fsp3) is 0.286. The second-order valence-corrected chi connectivity index (χ2v) is 5.34. The number of fused-ring (bicyclic) bond motifs is 3. The van der Waals surface area contributed by atoms with E-state index in [-0.39, 0.29) is 18.8 Å². The summed E-state index contributed by atoms with van der Waals surface area (Å²) in [7, 11) is 0. The lowest BCUT2D eigenvalue weighted by Crippen LogP contribution is -2.35. The maximum Gasteiger partial charge on any atom is 0.412 e. The number of benzene rings is 1. The third kappa shape index (κ3) is 1.51. The van der Waals surface area contributed by atoms with Gasteiger partial charge in [0.15, 0.2) is 0 Å². The minimum Gasteiger partial charge on any atom is -0.369 e. The summed E-state index contributed by atoms with van der Waals surface area (Å²) in [5, 5.41) is 0.634. The molecule has 2 aromatic heterocycles. The van der Waals surface area contributed by atoms with E-state index < -0.39 is 11.7 Å². The SMILES string of the molecule is Nc1nc2cnc3ccccc3c2n1C1(C(F)(F)F)CC1. The molecular formula is C14H11F3N4. The van der Waals surface area contributed by atoms with Crippen LogP contribution in [0.1, 0.15) is 12.8 Å². The standard InChI is InChI=1S/C14H11F3N4/c15-14(16,17)13(5-6-13)21-11-8-3-1-2-4-9(8)19-7-10(11)20-12(21)18/h1-4,7H,5-6H2,(H2,18,20). The van der Waals surface area contributed by atoms with E-state index >= 15 is 0 Å². The maximum absolute atomic E-state index is 13.4. The summed E-state index contributed by atoms with van der Waals surface area (Å²) in [5.74, 6) is -0.113. The molecule has 108 valence electrons. The fourth-order valence-corrected chi connectivity index (χ4v) is 2.91. The Kier molecular flexibility index (Phi) is 2.17. The van der Waals surface area contributed by atoms with E-state index in [1.807, 2.05) is 0 Å². The van der Waals surface area contributed by atoms with Crippen LogP contribution in [0, 0.1) is 0 Å². The third-order valence-electron chi connectivity index (χ3n) is 4.09. The molecule has 0 atom stereocenters. The van der Waals surface area contributed by atoms with Gasteiger partial charge in [0.1, 0.15) is 11.1 Å². The van der Waals surface area contributed by atoms with Crippen molar-refractivity contribution >= 4 is 27.9 Å². The molecule has 0 aliphatic heterocycles. The largest absolute Gasteiger partial charge is 0.412 e. The van der Waals surface area contributed by atoms with Gasteiger partial charge >= 0.3 is 6.18 Å². The summed E-state index contributed by atoms with van der Waals surface area (Å²) >= 11 is 0. The van der Waals surface area contributed by atoms with Crippen LogP contribution in [0.4, 0.5) is 19.1 Å². The first-order valence-corrected chi connectivity index (χ1v) is 6.53. The summed E-state index contributed by atoms with van der Waals surface area (Å²) in [6.07, 6.45) is -2.82. The van der Waals surface area contributed by atoms with Crippen LogP contribution in [-0.2, 0) is 5.54 Å². The lowest BCUT2D eigenvalue weighted by Gasteiger charge is -2.23. The van der Waals surface area contributed by atoms with Crippen molar-refractivity contribution < 1.29 is 13.2 Å². The molecule has 4 rings (SSSR count). The first-order chi connectivity index (χ1) is 9.94. The van der Waals surface area contributed by atoms with Crippen molar-refractivity contribution in [3.05, 3.63) is 30.5 Å². The Labute approximate surface area is 117 Å². The van der Waals surface area contributed by atoms with Gasteiger partial charge in [0, 0.05) is 5.39 Å². The van der Waals surface area contributed by atoms with Crippen LogP contribution in [0.3, 0.4) is 0 Å². The molecule has 1 aliphatic carbocycles. The normalized spacial score (nSPS) is 17.5. The molecular weight excluding hydrogens is 281 g/mol. The van der Waals surface area contributed by atoms with Crippen LogP contribution < -0.4 is 5.73 Å². The minimum absolute atomic E-state index is 0.0306. The van der Waals surface area contributed by atoms with E-state index in [9.17, 15) is 13.2 Å². The number of aromatic nitrogens is 3. The second-order valence-electron chi connectivity index (χ2n) is 5.34. The van der Waals surface area contributed by atoms with E-state index in [4.69, 9.17) is 5.73 Å². The first kappa shape index (κ1) is 12.4. The van der Waals surface area contributed by atoms with Gasteiger partial charge in [0.25, 0.3) is 0 Å². The molecule has 1 fully saturated rings. The molecule has 1 saturated carbocycles. The lowest BCUT2D eigenvalue weighted by molar-refractivity contribution is -0.178. The molecule has 4 nitrogen and oxygen atoms in total. The van der Waals surface area contributed by atoms with E-state index in [2.05, 4.69) is 9.97 Å². The highest BCUT2D eigenvalue weighted by atomic mass is 19.4. The molecule has 2 N–H and O–H groups in total. The highest BCUT2D eigenvalue weighted by Gasteiger charge is 2.66. The average Bonchev–Trinajstić information content (AvgIpc) is 3.16. The van der Waals surface area contributed by atoms with Gasteiger partial charge in [0.2, 0.25) is 5.95 Å². The monoisotopic (exact) mass is 292 g/mol. The molecule has 3 aromatic rings. The topological polar surface area (TPSA) is 56.7 Å². The molecule has 0 unspecified atom stereocenters. The highest BCUT2D eigenvalue weighted by Crippen LogP contribution is 2.57. The van der Waals surface area contributed by atoms with Gasteiger partial charge in [-0.15, -0.1) is 0 Å². The molecule has 21 heavy (non-hydrogen) atoms. The van der Waals surface area contributed by atoms with Crippen molar-refractivity contribution in [1.82, 2.24) is 14.5 Å². The molecule has 1 aliphatic rings. The number of pyridine rings is 1. The fourth-order valence-electron chi connectivity index (χ4n) is 2.91. The average molecular weight is 292 g/mol. The van der Waals surface area contributed by atoms with Crippen LogP contribution in [0.5, 0.6) is 0 Å². The highest BCUT2D eigenvalue weighted by molar-refractivity contribution is 6.03. The Morgan fingerprint density at radius 3 is 2.52 bits per heavy atom. The quantitative estimate of drug-likeness (QED) is 0.749. The molecule has 0 amide bonds. The van der Waals surface area contributed by atoms with Gasteiger partial charge in [-0.2, -0.15) is 13.2 Å². The number of para-hydroxylation sites is 1. The van der Waals surface area contributed by atoms with Crippen LogP contribution in [0.25, 0.3) is 21.9 Å². The minimum atomic E-state index is -4.35. The Bertz CT molecular complexity index is 862. The van der Waals surface area contributed by atoms with E-state index in [0.29, 0.717) is 21.9 Å². The van der Waals surface area contributed by atoms with Gasteiger partial charge in [-0.1, -0.05) is 18.2 Å². The molecule has 1 aromatic carbocycles. The molecule has 0 spiro atoms. The smallest absolute Gasteiger partial charge is 0.369 e. The van der Waals surface area contributed by atoms with Gasteiger partial charge in [-0.25, -0.2) is 4.98 Å². The predicted octanol–water partition coefficient (Wildman–Crippen LogP) is 3.22. The number of nitrogen functional groups attached to an aromatic ring is 1. The number of hydrogen-bond acceptors (Lipinski definition) is 3. The van der Waals surface area contributed by atoms with Gasteiger partial charge in [0.05, 0.1) is 17.2 Å². The van der Waals surface area contributed by atoms with E-state index in [1.54, 1.807) is 24.3 Å². The maximum atomic E-state index is 13.4. The van der Waals surface area contributed by atoms with Gasteiger partial charge in [-0.3, -0.25) is 9.55 Å². The van der Waals surface area contributed by atoms with E-state index in [1.165, 1.54) is 6.20 Å². The van der Waals surface area contributed by atoms with Crippen molar-refractivity contribution in [2.75, 3.05) is 5.73 Å². The first-order valence-electron chi connectivity index (χ1n) is 6.53. The number of imidazole rings is 1. The van der Waals surface area contributed by atoms with E-state index in [0.717, 1.165) is 4.57 Å². The number of rotatable bonds is 1.